The second-order valence-electron chi connectivity index (χ2n) is 4.63. The summed E-state index contributed by atoms with van der Waals surface area (Å²) in [6.45, 7) is 1.56. The summed E-state index contributed by atoms with van der Waals surface area (Å²) >= 11 is 1.38. The van der Waals surface area contributed by atoms with Gasteiger partial charge in [-0.2, -0.15) is 0 Å². The number of carbonyl (C=O) groups is 2. The van der Waals surface area contributed by atoms with E-state index in [0.717, 1.165) is 15.8 Å². The minimum absolute atomic E-state index is 0.107. The largest absolute Gasteiger partial charge is 0.459 e. The van der Waals surface area contributed by atoms with Crippen molar-refractivity contribution in [3.8, 4) is 0 Å². The zero-order chi connectivity index (χ0) is 14.8. The number of amides is 1. The number of rotatable bonds is 4. The number of nitrogens with zero attached hydrogens (tertiary/aromatic N) is 1. The maximum Gasteiger partial charge on any atom is 0.293 e. The van der Waals surface area contributed by atoms with Crippen LogP contribution in [0.3, 0.4) is 0 Å². The summed E-state index contributed by atoms with van der Waals surface area (Å²) in [6, 6.07) is 8.93. The average Bonchev–Trinajstić information content (AvgIpc) is 3.05. The van der Waals surface area contributed by atoms with Gasteiger partial charge in [-0.15, -0.1) is 0 Å². The Morgan fingerprint density at radius 1 is 1.33 bits per heavy atom. The van der Waals surface area contributed by atoms with E-state index in [-0.39, 0.29) is 17.5 Å². The maximum atomic E-state index is 11.9. The fraction of sp³-hybridized carbons (Fsp3) is 0.133. The number of benzene rings is 1. The molecule has 0 saturated carbocycles. The first-order chi connectivity index (χ1) is 10.1. The van der Waals surface area contributed by atoms with E-state index in [1.54, 1.807) is 19.1 Å². The third-order valence-electron chi connectivity index (χ3n) is 2.87. The van der Waals surface area contributed by atoms with Crippen LogP contribution in [0.1, 0.15) is 23.0 Å². The lowest BCUT2D eigenvalue weighted by molar-refractivity contribution is -0.116. The lowest BCUT2D eigenvalue weighted by Crippen LogP contribution is -2.10. The molecule has 3 aromatic rings. The van der Waals surface area contributed by atoms with Gasteiger partial charge in [0, 0.05) is 6.42 Å². The fourth-order valence-corrected chi connectivity index (χ4v) is 2.83. The van der Waals surface area contributed by atoms with Crippen molar-refractivity contribution in [2.45, 2.75) is 13.3 Å². The third kappa shape index (κ3) is 3.00. The number of aromatic nitrogens is 1. The van der Waals surface area contributed by atoms with Crippen LogP contribution in [0.4, 0.5) is 5.13 Å². The van der Waals surface area contributed by atoms with Gasteiger partial charge in [0.2, 0.25) is 0 Å². The summed E-state index contributed by atoms with van der Waals surface area (Å²) < 4.78 is 5.99. The van der Waals surface area contributed by atoms with Gasteiger partial charge >= 0.3 is 0 Å². The van der Waals surface area contributed by atoms with Crippen molar-refractivity contribution >= 4 is 38.4 Å². The molecular weight excluding hydrogens is 288 g/mol. The van der Waals surface area contributed by atoms with Crippen molar-refractivity contribution < 1.29 is 14.0 Å². The van der Waals surface area contributed by atoms with Crippen LogP contribution >= 0.6 is 11.3 Å². The van der Waals surface area contributed by atoms with E-state index in [0.29, 0.717) is 11.6 Å². The number of anilines is 1. The maximum absolute atomic E-state index is 11.9. The van der Waals surface area contributed by atoms with Gasteiger partial charge in [0.15, 0.2) is 10.9 Å². The van der Waals surface area contributed by atoms with Gasteiger partial charge in [0.05, 0.1) is 16.5 Å². The number of fused-ring (bicyclic) bond motifs is 1. The van der Waals surface area contributed by atoms with Crippen LogP contribution in [-0.4, -0.2) is 16.7 Å². The molecule has 106 valence electrons. The first-order valence-electron chi connectivity index (χ1n) is 6.35. The Kier molecular flexibility index (Phi) is 3.53. The average molecular weight is 300 g/mol. The Bertz CT molecular complexity index is 806. The molecule has 3 rings (SSSR count). The molecule has 1 amide bonds. The summed E-state index contributed by atoms with van der Waals surface area (Å²) in [7, 11) is 0. The van der Waals surface area contributed by atoms with Crippen molar-refractivity contribution in [3.05, 3.63) is 47.9 Å². The van der Waals surface area contributed by atoms with Crippen LogP contribution in [0, 0.1) is 0 Å². The number of carbonyl (C=O) groups excluding carboxylic acids is 2. The molecule has 2 aromatic heterocycles. The van der Waals surface area contributed by atoms with Gasteiger partial charge in [-0.3, -0.25) is 14.9 Å². The van der Waals surface area contributed by atoms with E-state index >= 15 is 0 Å². The highest BCUT2D eigenvalue weighted by atomic mass is 32.1. The van der Waals surface area contributed by atoms with Crippen LogP contribution in [0.15, 0.2) is 41.0 Å². The zero-order valence-electron chi connectivity index (χ0n) is 11.3. The molecule has 0 spiro atoms. The highest BCUT2D eigenvalue weighted by Gasteiger charge is 2.12. The molecule has 1 N–H and O–H groups in total. The summed E-state index contributed by atoms with van der Waals surface area (Å²) in [4.78, 5) is 27.4. The molecule has 0 aliphatic heterocycles. The molecule has 0 aliphatic carbocycles. The SMILES string of the molecule is CC(=O)Cc1ccc2sc(NC(=O)c3ccco3)nc2c1. The van der Waals surface area contributed by atoms with Gasteiger partial charge in [-0.25, -0.2) is 4.98 Å². The van der Waals surface area contributed by atoms with E-state index < -0.39 is 0 Å². The Hall–Kier alpha value is -2.47. The first kappa shape index (κ1) is 13.5. The van der Waals surface area contributed by atoms with Crippen LogP contribution < -0.4 is 5.32 Å². The van der Waals surface area contributed by atoms with E-state index in [4.69, 9.17) is 4.42 Å². The Balaban J connectivity index is 1.84. The Morgan fingerprint density at radius 2 is 2.19 bits per heavy atom. The van der Waals surface area contributed by atoms with Gasteiger partial charge < -0.3 is 4.42 Å². The molecule has 0 fully saturated rings. The summed E-state index contributed by atoms with van der Waals surface area (Å²) in [5.41, 5.74) is 1.69. The quantitative estimate of drug-likeness (QED) is 0.802. The molecule has 0 radical (unpaired) electrons. The Morgan fingerprint density at radius 3 is 2.90 bits per heavy atom. The van der Waals surface area contributed by atoms with Crippen LogP contribution in [-0.2, 0) is 11.2 Å². The first-order valence-corrected chi connectivity index (χ1v) is 7.17. The number of hydrogen-bond donors (Lipinski definition) is 1. The van der Waals surface area contributed by atoms with Gasteiger partial charge in [-0.05, 0) is 36.8 Å². The zero-order valence-corrected chi connectivity index (χ0v) is 12.1. The van der Waals surface area contributed by atoms with E-state index in [2.05, 4.69) is 10.3 Å². The van der Waals surface area contributed by atoms with Crippen molar-refractivity contribution in [1.29, 1.82) is 0 Å². The Labute approximate surface area is 124 Å². The van der Waals surface area contributed by atoms with Crippen LogP contribution in [0.5, 0.6) is 0 Å². The van der Waals surface area contributed by atoms with Gasteiger partial charge in [0.1, 0.15) is 5.78 Å². The number of Topliss-reactive ketones (excluding diaryl/α,β-unsaturated/α-hetero) is 1. The van der Waals surface area contributed by atoms with Crippen molar-refractivity contribution in [3.63, 3.8) is 0 Å². The molecule has 0 unspecified atom stereocenters. The number of hydrogen-bond acceptors (Lipinski definition) is 5. The molecular formula is C15H12N2O3S. The summed E-state index contributed by atoms with van der Waals surface area (Å²) in [5, 5.41) is 3.21. The van der Waals surface area contributed by atoms with E-state index in [1.165, 1.54) is 17.6 Å². The molecule has 0 saturated heterocycles. The van der Waals surface area contributed by atoms with E-state index in [9.17, 15) is 9.59 Å². The fourth-order valence-electron chi connectivity index (χ4n) is 1.99. The molecule has 0 bridgehead atoms. The third-order valence-corrected chi connectivity index (χ3v) is 3.82. The second kappa shape index (κ2) is 5.49. The summed E-state index contributed by atoms with van der Waals surface area (Å²) in [5.74, 6) is 0.0189. The monoisotopic (exact) mass is 300 g/mol. The van der Waals surface area contributed by atoms with Crippen molar-refractivity contribution in [1.82, 2.24) is 4.98 Å². The van der Waals surface area contributed by atoms with Gasteiger partial charge in [0.25, 0.3) is 5.91 Å². The van der Waals surface area contributed by atoms with E-state index in [1.807, 2.05) is 18.2 Å². The molecule has 2 heterocycles. The second-order valence-corrected chi connectivity index (χ2v) is 5.66. The predicted octanol–water partition coefficient (Wildman–Crippen LogP) is 3.27. The standard InChI is InChI=1S/C15H12N2O3S/c1-9(18)7-10-4-5-13-11(8-10)16-15(21-13)17-14(19)12-3-2-6-20-12/h2-6,8H,7H2,1H3,(H,16,17,19). The molecule has 21 heavy (non-hydrogen) atoms. The smallest absolute Gasteiger partial charge is 0.293 e. The topological polar surface area (TPSA) is 72.2 Å². The number of furan rings is 1. The number of ketones is 1. The lowest BCUT2D eigenvalue weighted by atomic mass is 10.1. The molecule has 1 aromatic carbocycles. The summed E-state index contributed by atoms with van der Waals surface area (Å²) in [6.07, 6.45) is 1.84. The normalized spacial score (nSPS) is 10.7. The highest BCUT2D eigenvalue weighted by molar-refractivity contribution is 7.22. The minimum atomic E-state index is -0.331. The lowest BCUT2D eigenvalue weighted by Gasteiger charge is -1.96. The minimum Gasteiger partial charge on any atom is -0.459 e. The number of thiazole rings is 1. The molecule has 5 nitrogen and oxygen atoms in total. The van der Waals surface area contributed by atoms with Crippen LogP contribution in [0.2, 0.25) is 0 Å². The van der Waals surface area contributed by atoms with Crippen molar-refractivity contribution in [2.75, 3.05) is 5.32 Å². The molecule has 6 heteroatoms. The molecule has 0 aliphatic rings. The van der Waals surface area contributed by atoms with Crippen molar-refractivity contribution in [2.24, 2.45) is 0 Å². The molecule has 0 atom stereocenters. The van der Waals surface area contributed by atoms with Crippen LogP contribution in [0.25, 0.3) is 10.2 Å². The predicted molar refractivity (Wildman–Crippen MR) is 80.7 cm³/mol. The van der Waals surface area contributed by atoms with Gasteiger partial charge in [-0.1, -0.05) is 17.4 Å². The number of nitrogens with one attached hydrogen (secondary N) is 1. The highest BCUT2D eigenvalue weighted by Crippen LogP contribution is 2.27.